The number of para-hydroxylation sites is 1. The van der Waals surface area contributed by atoms with Crippen LogP contribution in [-0.4, -0.2) is 38.7 Å². The number of carbonyl (C=O) groups is 1. The van der Waals surface area contributed by atoms with Crippen LogP contribution in [0.4, 0.5) is 0 Å². The van der Waals surface area contributed by atoms with Crippen LogP contribution in [0.2, 0.25) is 5.02 Å². The van der Waals surface area contributed by atoms with Crippen molar-refractivity contribution in [2.75, 3.05) is 13.1 Å². The Labute approximate surface area is 197 Å². The monoisotopic (exact) mass is 458 g/mol. The maximum Gasteiger partial charge on any atom is 0.246 e. The van der Waals surface area contributed by atoms with Gasteiger partial charge in [-0.15, -0.1) is 0 Å². The molecule has 1 saturated heterocycles. The Kier molecular flexibility index (Phi) is 5.84. The van der Waals surface area contributed by atoms with Crippen molar-refractivity contribution in [1.82, 2.24) is 19.7 Å². The van der Waals surface area contributed by atoms with Crippen molar-refractivity contribution in [3.63, 3.8) is 0 Å². The molecule has 5 rings (SSSR count). The predicted octanol–water partition coefficient (Wildman–Crippen LogP) is 5.89. The smallest absolute Gasteiger partial charge is 0.246 e. The molecule has 33 heavy (non-hydrogen) atoms. The summed E-state index contributed by atoms with van der Waals surface area (Å²) in [5.41, 5.74) is 2.67. The lowest BCUT2D eigenvalue weighted by Crippen LogP contribution is -2.40. The fourth-order valence-electron chi connectivity index (χ4n) is 4.31. The van der Waals surface area contributed by atoms with Crippen molar-refractivity contribution in [2.24, 2.45) is 0 Å². The molecule has 1 aliphatic heterocycles. The number of carbonyl (C=O) groups excluding carboxylic acids is 1. The molecule has 1 amide bonds. The molecule has 0 N–H and O–H groups in total. The second-order valence-corrected chi connectivity index (χ2v) is 8.44. The molecule has 6 nitrogen and oxygen atoms in total. The topological polar surface area (TPSA) is 60.2 Å². The summed E-state index contributed by atoms with van der Waals surface area (Å²) in [4.78, 5) is 18.3. The number of rotatable bonds is 5. The summed E-state index contributed by atoms with van der Waals surface area (Å²) < 4.78 is 7.94. The Balaban J connectivity index is 1.50. The van der Waals surface area contributed by atoms with Crippen LogP contribution in [0, 0.1) is 0 Å². The zero-order valence-electron chi connectivity index (χ0n) is 18.0. The van der Waals surface area contributed by atoms with Crippen molar-refractivity contribution < 1.29 is 9.53 Å². The number of piperidine rings is 1. The van der Waals surface area contributed by atoms with Gasteiger partial charge < -0.3 is 9.64 Å². The average Bonchev–Trinajstić information content (AvgIpc) is 3.25. The summed E-state index contributed by atoms with van der Waals surface area (Å²) in [7, 11) is 0. The van der Waals surface area contributed by atoms with Crippen LogP contribution in [0.25, 0.3) is 22.2 Å². The lowest BCUT2D eigenvalue weighted by molar-refractivity contribution is -0.127. The molecular weight excluding hydrogens is 436 g/mol. The van der Waals surface area contributed by atoms with E-state index in [1.54, 1.807) is 6.20 Å². The number of likely N-dealkylation sites (tertiary alicyclic amines) is 1. The van der Waals surface area contributed by atoms with Gasteiger partial charge in [0.1, 0.15) is 17.2 Å². The molecule has 0 unspecified atom stereocenters. The van der Waals surface area contributed by atoms with Gasteiger partial charge in [0.15, 0.2) is 0 Å². The molecule has 2 aromatic carbocycles. The maximum absolute atomic E-state index is 12.2. The standard InChI is InChI=1S/C26H23ClN4O2/c1-2-25(32)30-14-6-7-19(17-30)31-23-12-13-28-16-21(23)26(29-31)18-10-11-24(22(27)15-18)33-20-8-4-3-5-9-20/h2-5,8-13,15-16,19H,1,6-7,14,17H2/t19-/m0/s1. The molecule has 0 bridgehead atoms. The zero-order valence-corrected chi connectivity index (χ0v) is 18.8. The number of halogens is 1. The van der Waals surface area contributed by atoms with Crippen molar-refractivity contribution in [2.45, 2.75) is 18.9 Å². The lowest BCUT2D eigenvalue weighted by Gasteiger charge is -2.32. The van der Waals surface area contributed by atoms with E-state index in [1.807, 2.05) is 70.4 Å². The molecule has 2 aromatic heterocycles. The molecule has 1 aliphatic rings. The summed E-state index contributed by atoms with van der Waals surface area (Å²) in [5, 5.41) is 6.42. The quantitative estimate of drug-likeness (QED) is 0.350. The Morgan fingerprint density at radius 2 is 2.03 bits per heavy atom. The predicted molar refractivity (Wildman–Crippen MR) is 130 cm³/mol. The zero-order chi connectivity index (χ0) is 22.8. The summed E-state index contributed by atoms with van der Waals surface area (Å²) in [6, 6.07) is 17.3. The number of fused-ring (bicyclic) bond motifs is 1. The van der Waals surface area contributed by atoms with Gasteiger partial charge in [-0.1, -0.05) is 36.4 Å². The number of hydrogen-bond donors (Lipinski definition) is 0. The molecule has 0 saturated carbocycles. The molecule has 7 heteroatoms. The number of amides is 1. The van der Waals surface area contributed by atoms with E-state index in [0.29, 0.717) is 17.3 Å². The third-order valence-corrected chi connectivity index (χ3v) is 6.21. The van der Waals surface area contributed by atoms with Gasteiger partial charge in [-0.05, 0) is 55.3 Å². The highest BCUT2D eigenvalue weighted by Gasteiger charge is 2.26. The normalized spacial score (nSPS) is 16.0. The number of hydrogen-bond acceptors (Lipinski definition) is 4. The fraction of sp³-hybridized carbons (Fsp3) is 0.192. The number of nitrogens with zero attached hydrogens (tertiary/aromatic N) is 4. The second kappa shape index (κ2) is 9.08. The van der Waals surface area contributed by atoms with E-state index in [2.05, 4.69) is 11.6 Å². The largest absolute Gasteiger partial charge is 0.456 e. The first-order valence-corrected chi connectivity index (χ1v) is 11.3. The van der Waals surface area contributed by atoms with E-state index in [1.165, 1.54) is 6.08 Å². The fourth-order valence-corrected chi connectivity index (χ4v) is 4.53. The Morgan fingerprint density at radius 1 is 1.18 bits per heavy atom. The SMILES string of the molecule is C=CC(=O)N1CCC[C@H](n2nc(-c3ccc(Oc4ccccc4)c(Cl)c3)c3cnccc32)C1. The summed E-state index contributed by atoms with van der Waals surface area (Å²) in [5.74, 6) is 1.26. The minimum absolute atomic E-state index is 0.0427. The van der Waals surface area contributed by atoms with Gasteiger partial charge >= 0.3 is 0 Å². The minimum Gasteiger partial charge on any atom is -0.456 e. The summed E-state index contributed by atoms with van der Waals surface area (Å²) in [6.07, 6.45) is 6.84. The number of aromatic nitrogens is 3. The third kappa shape index (κ3) is 4.22. The van der Waals surface area contributed by atoms with E-state index in [9.17, 15) is 4.79 Å². The van der Waals surface area contributed by atoms with Gasteiger partial charge in [0.25, 0.3) is 0 Å². The molecule has 0 radical (unpaired) electrons. The molecule has 0 aliphatic carbocycles. The van der Waals surface area contributed by atoms with Crippen LogP contribution in [0.5, 0.6) is 11.5 Å². The molecule has 166 valence electrons. The molecule has 1 atom stereocenters. The number of benzene rings is 2. The van der Waals surface area contributed by atoms with Crippen LogP contribution in [0.15, 0.2) is 79.6 Å². The van der Waals surface area contributed by atoms with Crippen molar-refractivity contribution in [3.8, 4) is 22.8 Å². The van der Waals surface area contributed by atoms with Crippen molar-refractivity contribution >= 4 is 28.4 Å². The van der Waals surface area contributed by atoms with Crippen LogP contribution in [0.3, 0.4) is 0 Å². The van der Waals surface area contributed by atoms with Crippen molar-refractivity contribution in [1.29, 1.82) is 0 Å². The molecule has 4 aromatic rings. The first-order chi connectivity index (χ1) is 16.1. The Morgan fingerprint density at radius 3 is 2.82 bits per heavy atom. The van der Waals surface area contributed by atoms with E-state index in [4.69, 9.17) is 21.4 Å². The van der Waals surface area contributed by atoms with Crippen LogP contribution in [-0.2, 0) is 4.79 Å². The van der Waals surface area contributed by atoms with Crippen LogP contribution >= 0.6 is 11.6 Å². The van der Waals surface area contributed by atoms with Gasteiger partial charge in [-0.25, -0.2) is 0 Å². The maximum atomic E-state index is 12.2. The molecule has 1 fully saturated rings. The summed E-state index contributed by atoms with van der Waals surface area (Å²) >= 11 is 6.58. The van der Waals surface area contributed by atoms with Crippen LogP contribution in [0.1, 0.15) is 18.9 Å². The van der Waals surface area contributed by atoms with Gasteiger partial charge in [0, 0.05) is 36.4 Å². The molecule has 3 heterocycles. The lowest BCUT2D eigenvalue weighted by atomic mass is 10.1. The average molecular weight is 459 g/mol. The highest BCUT2D eigenvalue weighted by atomic mass is 35.5. The highest BCUT2D eigenvalue weighted by Crippen LogP contribution is 2.36. The first-order valence-electron chi connectivity index (χ1n) is 10.9. The number of ether oxygens (including phenoxy) is 1. The van der Waals surface area contributed by atoms with Crippen LogP contribution < -0.4 is 4.74 Å². The van der Waals surface area contributed by atoms with Gasteiger partial charge in [0.05, 0.1) is 16.6 Å². The highest BCUT2D eigenvalue weighted by molar-refractivity contribution is 6.32. The third-order valence-electron chi connectivity index (χ3n) is 5.91. The van der Waals surface area contributed by atoms with Gasteiger partial charge in [-0.3, -0.25) is 14.5 Å². The molecular formula is C26H23ClN4O2. The minimum atomic E-state index is -0.0427. The second-order valence-electron chi connectivity index (χ2n) is 8.03. The summed E-state index contributed by atoms with van der Waals surface area (Å²) in [6.45, 7) is 4.97. The Hall–Kier alpha value is -3.64. The van der Waals surface area contributed by atoms with E-state index in [-0.39, 0.29) is 11.9 Å². The Bertz CT molecular complexity index is 1320. The number of pyridine rings is 1. The molecule has 0 spiro atoms. The van der Waals surface area contributed by atoms with E-state index in [0.717, 1.165) is 47.3 Å². The van der Waals surface area contributed by atoms with Gasteiger partial charge in [-0.2, -0.15) is 5.10 Å². The van der Waals surface area contributed by atoms with E-state index >= 15 is 0 Å². The van der Waals surface area contributed by atoms with E-state index < -0.39 is 0 Å². The first kappa shape index (κ1) is 21.2. The van der Waals surface area contributed by atoms with Gasteiger partial charge in [0.2, 0.25) is 5.91 Å². The van der Waals surface area contributed by atoms with Crippen molar-refractivity contribution in [3.05, 3.63) is 84.7 Å².